The molecule has 0 radical (unpaired) electrons. The van der Waals surface area contributed by atoms with Crippen molar-refractivity contribution in [3.05, 3.63) is 54.1 Å². The van der Waals surface area contributed by atoms with Crippen LogP contribution in [0.15, 0.2) is 53.4 Å². The highest BCUT2D eigenvalue weighted by atomic mass is 32.2. The van der Waals surface area contributed by atoms with Crippen molar-refractivity contribution in [3.63, 3.8) is 0 Å². The summed E-state index contributed by atoms with van der Waals surface area (Å²) >= 11 is 0. The van der Waals surface area contributed by atoms with Crippen molar-refractivity contribution in [3.8, 4) is 11.5 Å². The quantitative estimate of drug-likeness (QED) is 0.741. The molecule has 1 amide bonds. The number of sulfonamides is 1. The van der Waals surface area contributed by atoms with E-state index in [0.29, 0.717) is 37.3 Å². The van der Waals surface area contributed by atoms with E-state index in [0.717, 1.165) is 5.56 Å². The molecule has 2 heterocycles. The van der Waals surface area contributed by atoms with Gasteiger partial charge in [-0.1, -0.05) is 18.2 Å². The highest BCUT2D eigenvalue weighted by Crippen LogP contribution is 2.41. The summed E-state index contributed by atoms with van der Waals surface area (Å²) in [6, 6.07) is 13.8. The zero-order chi connectivity index (χ0) is 22.9. The lowest BCUT2D eigenvalue weighted by molar-refractivity contribution is -0.127. The molecule has 2 aliphatic heterocycles. The summed E-state index contributed by atoms with van der Waals surface area (Å²) in [7, 11) is -2.01. The molecule has 2 aromatic carbocycles. The summed E-state index contributed by atoms with van der Waals surface area (Å²) < 4.78 is 38.9. The largest absolute Gasteiger partial charge is 0.497 e. The maximum Gasteiger partial charge on any atom is 0.243 e. The van der Waals surface area contributed by atoms with Crippen LogP contribution in [-0.4, -0.2) is 44.4 Å². The first-order chi connectivity index (χ1) is 15.2. The second-order valence-corrected chi connectivity index (χ2v) is 11.0. The third kappa shape index (κ3) is 4.61. The number of rotatable bonds is 5. The summed E-state index contributed by atoms with van der Waals surface area (Å²) in [5.74, 6) is 0.876. The van der Waals surface area contributed by atoms with Crippen molar-refractivity contribution in [2.75, 3.05) is 20.2 Å². The first kappa shape index (κ1) is 22.6. The van der Waals surface area contributed by atoms with Gasteiger partial charge < -0.3 is 14.8 Å². The van der Waals surface area contributed by atoms with Gasteiger partial charge in [0.1, 0.15) is 17.1 Å². The molecule has 4 rings (SSSR count). The van der Waals surface area contributed by atoms with Crippen LogP contribution in [0.1, 0.15) is 44.7 Å². The smallest absolute Gasteiger partial charge is 0.243 e. The third-order valence-corrected chi connectivity index (χ3v) is 8.01. The molecule has 1 saturated heterocycles. The number of piperidine rings is 1. The number of nitrogens with zero attached hydrogens (tertiary/aromatic N) is 1. The Morgan fingerprint density at radius 1 is 1.19 bits per heavy atom. The van der Waals surface area contributed by atoms with E-state index in [1.165, 1.54) is 4.31 Å². The Kier molecular flexibility index (Phi) is 6.18. The van der Waals surface area contributed by atoms with Crippen LogP contribution in [0.25, 0.3) is 0 Å². The van der Waals surface area contributed by atoms with Gasteiger partial charge in [0.05, 0.1) is 24.0 Å². The van der Waals surface area contributed by atoms with Crippen molar-refractivity contribution in [2.24, 2.45) is 5.92 Å². The van der Waals surface area contributed by atoms with Gasteiger partial charge in [-0.25, -0.2) is 8.42 Å². The first-order valence-corrected chi connectivity index (χ1v) is 12.4. The zero-order valence-electron chi connectivity index (χ0n) is 18.7. The van der Waals surface area contributed by atoms with Gasteiger partial charge in [0.25, 0.3) is 0 Å². The monoisotopic (exact) mass is 458 g/mol. The highest BCUT2D eigenvalue weighted by molar-refractivity contribution is 7.89. The predicted octanol–water partition coefficient (Wildman–Crippen LogP) is 3.51. The fourth-order valence-electron chi connectivity index (χ4n) is 4.49. The van der Waals surface area contributed by atoms with Gasteiger partial charge in [-0.2, -0.15) is 4.31 Å². The Labute approximate surface area is 189 Å². The van der Waals surface area contributed by atoms with Crippen molar-refractivity contribution in [1.29, 1.82) is 0 Å². The minimum absolute atomic E-state index is 0.123. The number of ether oxygens (including phenoxy) is 2. The number of carbonyl (C=O) groups excluding carboxylic acids is 1. The van der Waals surface area contributed by atoms with E-state index in [4.69, 9.17) is 9.47 Å². The summed E-state index contributed by atoms with van der Waals surface area (Å²) in [4.78, 5) is 13.5. The van der Waals surface area contributed by atoms with Gasteiger partial charge in [-0.05, 0) is 51.0 Å². The molecule has 0 aromatic heterocycles. The average Bonchev–Trinajstić information content (AvgIpc) is 2.78. The van der Waals surface area contributed by atoms with E-state index in [9.17, 15) is 13.2 Å². The van der Waals surface area contributed by atoms with E-state index in [-0.39, 0.29) is 23.4 Å². The summed E-state index contributed by atoms with van der Waals surface area (Å²) in [5, 5.41) is 3.17. The molecular weight excluding hydrogens is 428 g/mol. The van der Waals surface area contributed by atoms with Crippen LogP contribution in [0.4, 0.5) is 0 Å². The van der Waals surface area contributed by atoms with Gasteiger partial charge in [0, 0.05) is 31.1 Å². The SMILES string of the molecule is COc1ccc2c(c1)OC(C)(C)CC2NC(=O)C1CCCN(S(=O)(=O)c2ccccc2)C1. The molecule has 8 heteroatoms. The number of carbonyl (C=O) groups is 1. The van der Waals surface area contributed by atoms with Crippen LogP contribution in [0.2, 0.25) is 0 Å². The molecule has 172 valence electrons. The molecular formula is C24H30N2O5S. The molecule has 0 spiro atoms. The molecule has 0 aliphatic carbocycles. The minimum atomic E-state index is -3.62. The average molecular weight is 459 g/mol. The van der Waals surface area contributed by atoms with E-state index >= 15 is 0 Å². The molecule has 2 aromatic rings. The fourth-order valence-corrected chi connectivity index (χ4v) is 6.04. The van der Waals surface area contributed by atoms with E-state index < -0.39 is 21.5 Å². The molecule has 1 fully saturated rings. The summed E-state index contributed by atoms with van der Waals surface area (Å²) in [5.41, 5.74) is 0.454. The standard InChI is InChI=1S/C24H30N2O5S/c1-24(2)15-21(20-12-11-18(30-3)14-22(20)31-24)25-23(27)17-8-7-13-26(16-17)32(28,29)19-9-5-4-6-10-19/h4-6,9-12,14,17,21H,7-8,13,15-16H2,1-3H3,(H,25,27). The molecule has 0 saturated carbocycles. The van der Waals surface area contributed by atoms with E-state index in [1.807, 2.05) is 32.0 Å². The molecule has 2 aliphatic rings. The van der Waals surface area contributed by atoms with Crippen molar-refractivity contribution in [2.45, 2.75) is 49.6 Å². The zero-order valence-corrected chi connectivity index (χ0v) is 19.5. The van der Waals surface area contributed by atoms with Gasteiger partial charge in [-0.15, -0.1) is 0 Å². The number of methoxy groups -OCH3 is 1. The Morgan fingerprint density at radius 2 is 1.94 bits per heavy atom. The van der Waals surface area contributed by atoms with Gasteiger partial charge in [-0.3, -0.25) is 4.79 Å². The maximum atomic E-state index is 13.2. The van der Waals surface area contributed by atoms with Crippen LogP contribution in [0, 0.1) is 5.92 Å². The van der Waals surface area contributed by atoms with Crippen LogP contribution < -0.4 is 14.8 Å². The highest BCUT2D eigenvalue weighted by Gasteiger charge is 2.38. The molecule has 32 heavy (non-hydrogen) atoms. The van der Waals surface area contributed by atoms with Crippen LogP contribution in [-0.2, 0) is 14.8 Å². The lowest BCUT2D eigenvalue weighted by atomic mass is 9.88. The van der Waals surface area contributed by atoms with Gasteiger partial charge in [0.15, 0.2) is 0 Å². The van der Waals surface area contributed by atoms with Crippen molar-refractivity contribution >= 4 is 15.9 Å². The minimum Gasteiger partial charge on any atom is -0.497 e. The van der Waals surface area contributed by atoms with Crippen molar-refractivity contribution < 1.29 is 22.7 Å². The number of amides is 1. The molecule has 2 unspecified atom stereocenters. The lowest BCUT2D eigenvalue weighted by Gasteiger charge is -2.39. The van der Waals surface area contributed by atoms with Gasteiger partial charge >= 0.3 is 0 Å². The Hall–Kier alpha value is -2.58. The Bertz CT molecular complexity index is 1080. The second-order valence-electron chi connectivity index (χ2n) is 9.05. The van der Waals surface area contributed by atoms with Gasteiger partial charge in [0.2, 0.25) is 15.9 Å². The molecule has 0 bridgehead atoms. The molecule has 1 N–H and O–H groups in total. The number of benzene rings is 2. The topological polar surface area (TPSA) is 84.9 Å². The number of hydrogen-bond donors (Lipinski definition) is 1. The molecule has 2 atom stereocenters. The summed E-state index contributed by atoms with van der Waals surface area (Å²) in [6.45, 7) is 4.59. The fraction of sp³-hybridized carbons (Fsp3) is 0.458. The van der Waals surface area contributed by atoms with Crippen LogP contribution in [0.3, 0.4) is 0 Å². The van der Waals surface area contributed by atoms with E-state index in [1.54, 1.807) is 37.4 Å². The Balaban J connectivity index is 1.50. The first-order valence-electron chi connectivity index (χ1n) is 10.9. The number of fused-ring (bicyclic) bond motifs is 1. The second kappa shape index (κ2) is 8.75. The third-order valence-electron chi connectivity index (χ3n) is 6.13. The number of nitrogens with one attached hydrogen (secondary N) is 1. The number of hydrogen-bond acceptors (Lipinski definition) is 5. The van der Waals surface area contributed by atoms with Crippen LogP contribution in [0.5, 0.6) is 11.5 Å². The van der Waals surface area contributed by atoms with E-state index in [2.05, 4.69) is 5.32 Å². The predicted molar refractivity (Wildman–Crippen MR) is 121 cm³/mol. The summed E-state index contributed by atoms with van der Waals surface area (Å²) in [6.07, 6.45) is 1.93. The maximum absolute atomic E-state index is 13.2. The molecule has 7 nitrogen and oxygen atoms in total. The normalized spacial score (nSPS) is 23.0. The lowest BCUT2D eigenvalue weighted by Crippen LogP contribution is -2.48. The Morgan fingerprint density at radius 3 is 2.66 bits per heavy atom. The van der Waals surface area contributed by atoms with Crippen molar-refractivity contribution in [1.82, 2.24) is 9.62 Å². The van der Waals surface area contributed by atoms with Crippen LogP contribution >= 0.6 is 0 Å².